The Labute approximate surface area is 163 Å². The van der Waals surface area contributed by atoms with E-state index in [0.717, 1.165) is 10.8 Å². The molecule has 0 saturated carbocycles. The number of H-pyrrole nitrogens is 1. The molecule has 1 amide bonds. The first kappa shape index (κ1) is 19.4. The van der Waals surface area contributed by atoms with Gasteiger partial charge >= 0.3 is 5.69 Å². The number of phenols is 1. The summed E-state index contributed by atoms with van der Waals surface area (Å²) in [6, 6.07) is 12.0. The lowest BCUT2D eigenvalue weighted by atomic mass is 10.2. The van der Waals surface area contributed by atoms with Gasteiger partial charge in [0.15, 0.2) is 0 Å². The maximum absolute atomic E-state index is 12.1. The van der Waals surface area contributed by atoms with E-state index < -0.39 is 23.0 Å². The van der Waals surface area contributed by atoms with E-state index in [4.69, 9.17) is 4.74 Å². The van der Waals surface area contributed by atoms with E-state index in [9.17, 15) is 24.6 Å². The molecule has 3 rings (SSSR count). The normalized spacial score (nSPS) is 10.8. The van der Waals surface area contributed by atoms with Crippen LogP contribution >= 0.6 is 0 Å². The smallest absolute Gasteiger partial charge is 0.335 e. The number of methoxy groups -OCH3 is 1. The fraction of sp³-hybridized carbons (Fsp3) is 0.0526. The van der Waals surface area contributed by atoms with Gasteiger partial charge in [-0.1, -0.05) is 12.1 Å². The number of aromatic amines is 1. The van der Waals surface area contributed by atoms with Gasteiger partial charge in [-0.05, 0) is 36.4 Å². The van der Waals surface area contributed by atoms with Crippen LogP contribution in [-0.4, -0.2) is 39.0 Å². The molecule has 0 fully saturated rings. The molecule has 0 spiro atoms. The molecular formula is C19H16N4O6. The third-order valence-corrected chi connectivity index (χ3v) is 3.96. The number of para-hydroxylation sites is 1. The van der Waals surface area contributed by atoms with Gasteiger partial charge in [-0.3, -0.25) is 14.6 Å². The summed E-state index contributed by atoms with van der Waals surface area (Å²) in [6.07, 6.45) is 0.894. The molecule has 0 atom stereocenters. The summed E-state index contributed by atoms with van der Waals surface area (Å²) in [4.78, 5) is 38.3. The van der Waals surface area contributed by atoms with E-state index in [1.165, 1.54) is 31.4 Å². The second-order valence-electron chi connectivity index (χ2n) is 5.75. The highest BCUT2D eigenvalue weighted by Crippen LogP contribution is 2.18. The number of ether oxygens (including phenoxy) is 1. The number of phenolic OH excluding ortho intramolecular Hbond substituents is 1. The van der Waals surface area contributed by atoms with E-state index in [-0.39, 0.29) is 22.6 Å². The Morgan fingerprint density at radius 1 is 1.14 bits per heavy atom. The lowest BCUT2D eigenvalue weighted by Gasteiger charge is -2.10. The summed E-state index contributed by atoms with van der Waals surface area (Å²) in [5, 5.41) is 23.7. The van der Waals surface area contributed by atoms with Crippen molar-refractivity contribution in [1.29, 1.82) is 0 Å². The van der Waals surface area contributed by atoms with Crippen LogP contribution in [0.15, 0.2) is 63.2 Å². The number of aromatic hydroxyl groups is 2. The second kappa shape index (κ2) is 8.13. The number of carbonyl (C=O) groups excluding carboxylic acids is 1. The number of hydrazone groups is 1. The zero-order valence-corrected chi connectivity index (χ0v) is 15.1. The number of nitrogens with one attached hydrogen (secondary N) is 2. The fourth-order valence-electron chi connectivity index (χ4n) is 2.51. The zero-order chi connectivity index (χ0) is 21.0. The Bertz CT molecular complexity index is 1190. The molecule has 0 aliphatic heterocycles. The molecule has 1 aromatic heterocycles. The third kappa shape index (κ3) is 4.00. The summed E-state index contributed by atoms with van der Waals surface area (Å²) in [6.45, 7) is 0. The van der Waals surface area contributed by atoms with Gasteiger partial charge in [0.1, 0.15) is 17.1 Å². The van der Waals surface area contributed by atoms with Crippen LogP contribution in [0.1, 0.15) is 15.9 Å². The number of benzene rings is 2. The van der Waals surface area contributed by atoms with Crippen molar-refractivity contribution in [2.45, 2.75) is 0 Å². The van der Waals surface area contributed by atoms with Crippen LogP contribution in [0.25, 0.3) is 5.69 Å². The van der Waals surface area contributed by atoms with Crippen molar-refractivity contribution in [1.82, 2.24) is 15.0 Å². The molecule has 1 heterocycles. The minimum Gasteiger partial charge on any atom is -0.507 e. The van der Waals surface area contributed by atoms with Crippen molar-refractivity contribution in [2.24, 2.45) is 5.10 Å². The highest BCUT2D eigenvalue weighted by atomic mass is 16.5. The van der Waals surface area contributed by atoms with Gasteiger partial charge in [-0.2, -0.15) is 5.10 Å². The summed E-state index contributed by atoms with van der Waals surface area (Å²) < 4.78 is 5.91. The zero-order valence-electron chi connectivity index (χ0n) is 15.1. The second-order valence-corrected chi connectivity index (χ2v) is 5.75. The van der Waals surface area contributed by atoms with E-state index in [2.05, 4.69) is 15.5 Å². The number of rotatable bonds is 5. The Hall–Kier alpha value is -4.34. The van der Waals surface area contributed by atoms with Gasteiger partial charge in [0.05, 0.1) is 24.6 Å². The number of nitrogens with zero attached hydrogens (tertiary/aromatic N) is 2. The molecule has 0 aliphatic rings. The Balaban J connectivity index is 1.92. The van der Waals surface area contributed by atoms with Gasteiger partial charge < -0.3 is 14.9 Å². The number of hydrogen-bond acceptors (Lipinski definition) is 7. The summed E-state index contributed by atoms with van der Waals surface area (Å²) in [5.74, 6) is -1.09. The Morgan fingerprint density at radius 3 is 2.48 bits per heavy atom. The number of aromatic nitrogens is 2. The minimum absolute atomic E-state index is 0.0222. The van der Waals surface area contributed by atoms with Crippen LogP contribution in [0.5, 0.6) is 17.4 Å². The van der Waals surface area contributed by atoms with E-state index in [0.29, 0.717) is 5.75 Å². The first-order valence-electron chi connectivity index (χ1n) is 8.26. The molecule has 0 radical (unpaired) electrons. The first-order valence-corrected chi connectivity index (χ1v) is 8.26. The van der Waals surface area contributed by atoms with Crippen LogP contribution in [-0.2, 0) is 0 Å². The lowest BCUT2D eigenvalue weighted by Crippen LogP contribution is -2.31. The Morgan fingerprint density at radius 2 is 1.83 bits per heavy atom. The molecule has 4 N–H and O–H groups in total. The molecule has 0 unspecified atom stereocenters. The van der Waals surface area contributed by atoms with E-state index in [1.54, 1.807) is 24.3 Å². The summed E-state index contributed by atoms with van der Waals surface area (Å²) in [5.41, 5.74) is 0.294. The molecule has 0 saturated heterocycles. The molecule has 2 aromatic carbocycles. The predicted octanol–water partition coefficient (Wildman–Crippen LogP) is 0.709. The van der Waals surface area contributed by atoms with E-state index in [1.807, 2.05) is 0 Å². The van der Waals surface area contributed by atoms with Crippen molar-refractivity contribution < 1.29 is 19.7 Å². The van der Waals surface area contributed by atoms with Gasteiger partial charge in [0.25, 0.3) is 11.5 Å². The van der Waals surface area contributed by atoms with Crippen molar-refractivity contribution in [3.8, 4) is 23.1 Å². The fourth-order valence-corrected chi connectivity index (χ4v) is 2.51. The standard InChI is InChI=1S/C19H16N4O6/c1-29-12-8-6-11(7-9-12)23-18(27)14(16(25)21-19(23)28)10-20-22-17(26)13-4-2-3-5-15(13)24/h2-10,24,27H,1H3,(H,22,26)(H,21,25,28)/b20-10+. The molecule has 3 aromatic rings. The lowest BCUT2D eigenvalue weighted by molar-refractivity contribution is 0.0952. The number of amides is 1. The van der Waals surface area contributed by atoms with Crippen LogP contribution in [0, 0.1) is 0 Å². The average molecular weight is 396 g/mol. The van der Waals surface area contributed by atoms with Crippen molar-refractivity contribution in [2.75, 3.05) is 7.11 Å². The topological polar surface area (TPSA) is 146 Å². The molecular weight excluding hydrogens is 380 g/mol. The summed E-state index contributed by atoms with van der Waals surface area (Å²) in [7, 11) is 1.48. The Kier molecular flexibility index (Phi) is 5.44. The minimum atomic E-state index is -0.891. The largest absolute Gasteiger partial charge is 0.507 e. The van der Waals surface area contributed by atoms with Crippen LogP contribution in [0.4, 0.5) is 0 Å². The predicted molar refractivity (Wildman–Crippen MR) is 104 cm³/mol. The van der Waals surface area contributed by atoms with Crippen LogP contribution in [0.3, 0.4) is 0 Å². The molecule has 29 heavy (non-hydrogen) atoms. The van der Waals surface area contributed by atoms with Crippen LogP contribution < -0.4 is 21.4 Å². The number of hydrogen-bond donors (Lipinski definition) is 4. The molecule has 148 valence electrons. The SMILES string of the molecule is COc1ccc(-n2c(O)c(/C=N/NC(=O)c3ccccc3O)c(=O)[nH]c2=O)cc1. The van der Waals surface area contributed by atoms with Gasteiger partial charge in [0.2, 0.25) is 5.88 Å². The molecule has 10 nitrogen and oxygen atoms in total. The summed E-state index contributed by atoms with van der Waals surface area (Å²) >= 11 is 0. The van der Waals surface area contributed by atoms with Crippen molar-refractivity contribution >= 4 is 12.1 Å². The van der Waals surface area contributed by atoms with Crippen LogP contribution in [0.2, 0.25) is 0 Å². The monoisotopic (exact) mass is 396 g/mol. The van der Waals surface area contributed by atoms with Gasteiger partial charge in [-0.25, -0.2) is 14.8 Å². The van der Waals surface area contributed by atoms with Gasteiger partial charge in [0, 0.05) is 0 Å². The molecule has 10 heteroatoms. The van der Waals surface area contributed by atoms with Crippen molar-refractivity contribution in [3.63, 3.8) is 0 Å². The third-order valence-electron chi connectivity index (χ3n) is 3.96. The van der Waals surface area contributed by atoms with Crippen molar-refractivity contribution in [3.05, 3.63) is 80.5 Å². The molecule has 0 aliphatic carbocycles. The maximum atomic E-state index is 12.1. The van der Waals surface area contributed by atoms with E-state index >= 15 is 0 Å². The first-order chi connectivity index (χ1) is 13.9. The maximum Gasteiger partial charge on any atom is 0.335 e. The van der Waals surface area contributed by atoms with Gasteiger partial charge in [-0.15, -0.1) is 0 Å². The number of carbonyl (C=O) groups is 1. The highest BCUT2D eigenvalue weighted by molar-refractivity contribution is 5.97. The molecule has 0 bridgehead atoms. The average Bonchev–Trinajstić information content (AvgIpc) is 2.71. The quantitative estimate of drug-likeness (QED) is 0.369. The highest BCUT2D eigenvalue weighted by Gasteiger charge is 2.15.